The molecule has 1 atom stereocenters. The van der Waals surface area contributed by atoms with Crippen LogP contribution in [-0.2, 0) is 6.42 Å². The third-order valence-electron chi connectivity index (χ3n) is 2.68. The minimum atomic E-state index is -0.357. The van der Waals surface area contributed by atoms with Gasteiger partial charge < -0.3 is 10.4 Å². The molecule has 1 heterocycles. The second kappa shape index (κ2) is 6.27. The first-order chi connectivity index (χ1) is 8.65. The van der Waals surface area contributed by atoms with Gasteiger partial charge in [0, 0.05) is 13.0 Å². The zero-order valence-corrected chi connectivity index (χ0v) is 11.7. The van der Waals surface area contributed by atoms with Crippen LogP contribution in [0.25, 0.3) is 10.2 Å². The number of hydrogen-bond donors (Lipinski definition) is 2. The molecule has 4 heteroatoms. The van der Waals surface area contributed by atoms with Gasteiger partial charge in [-0.1, -0.05) is 26.0 Å². The first-order valence-corrected chi connectivity index (χ1v) is 7.20. The first kappa shape index (κ1) is 13.5. The Morgan fingerprint density at radius 2 is 2.06 bits per heavy atom. The second-order valence-electron chi connectivity index (χ2n) is 4.99. The Kier molecular flexibility index (Phi) is 4.69. The van der Waals surface area contributed by atoms with Gasteiger partial charge in [0.25, 0.3) is 0 Å². The normalized spacial score (nSPS) is 13.3. The maximum Gasteiger partial charge on any atom is 0.0964 e. The number of thiazole rings is 1. The molecule has 0 spiro atoms. The van der Waals surface area contributed by atoms with E-state index in [1.807, 2.05) is 18.2 Å². The van der Waals surface area contributed by atoms with E-state index in [0.29, 0.717) is 18.9 Å². The van der Waals surface area contributed by atoms with Crippen molar-refractivity contribution in [1.29, 1.82) is 0 Å². The molecule has 1 unspecified atom stereocenters. The van der Waals surface area contributed by atoms with Crippen molar-refractivity contribution in [3.63, 3.8) is 0 Å². The molecule has 1 aromatic carbocycles. The molecule has 0 saturated carbocycles. The van der Waals surface area contributed by atoms with Crippen LogP contribution in [0, 0.1) is 5.92 Å². The summed E-state index contributed by atoms with van der Waals surface area (Å²) in [6.07, 6.45) is 0.272. The molecular formula is C14H20N2OS. The Morgan fingerprint density at radius 3 is 2.78 bits per heavy atom. The smallest absolute Gasteiger partial charge is 0.0964 e. The van der Waals surface area contributed by atoms with Crippen molar-refractivity contribution in [2.45, 2.75) is 26.4 Å². The largest absolute Gasteiger partial charge is 0.391 e. The molecule has 0 aliphatic carbocycles. The van der Waals surface area contributed by atoms with Crippen LogP contribution >= 0.6 is 11.3 Å². The van der Waals surface area contributed by atoms with Crippen LogP contribution in [0.2, 0.25) is 0 Å². The van der Waals surface area contributed by atoms with E-state index >= 15 is 0 Å². The Hall–Kier alpha value is -0.970. The molecule has 0 bridgehead atoms. The number of rotatable bonds is 6. The summed E-state index contributed by atoms with van der Waals surface area (Å²) < 4.78 is 1.19. The highest BCUT2D eigenvalue weighted by atomic mass is 32.1. The Bertz CT molecular complexity index is 462. The molecule has 0 aliphatic heterocycles. The molecule has 98 valence electrons. The van der Waals surface area contributed by atoms with E-state index in [-0.39, 0.29) is 6.10 Å². The lowest BCUT2D eigenvalue weighted by Crippen LogP contribution is -2.30. The lowest BCUT2D eigenvalue weighted by atomic mass is 10.2. The average Bonchev–Trinajstić information content (AvgIpc) is 2.70. The van der Waals surface area contributed by atoms with E-state index in [9.17, 15) is 5.11 Å². The van der Waals surface area contributed by atoms with Crippen molar-refractivity contribution in [2.24, 2.45) is 5.92 Å². The van der Waals surface area contributed by atoms with Gasteiger partial charge in [-0.3, -0.25) is 0 Å². The SMILES string of the molecule is CC(C)CNCC(O)Cc1nc2ccccc2s1. The van der Waals surface area contributed by atoms with E-state index in [2.05, 4.69) is 30.2 Å². The summed E-state index contributed by atoms with van der Waals surface area (Å²) in [6.45, 7) is 5.89. The van der Waals surface area contributed by atoms with E-state index in [0.717, 1.165) is 17.1 Å². The van der Waals surface area contributed by atoms with Gasteiger partial charge in [0.1, 0.15) is 0 Å². The summed E-state index contributed by atoms with van der Waals surface area (Å²) in [5, 5.41) is 14.2. The van der Waals surface area contributed by atoms with Gasteiger partial charge in [-0.25, -0.2) is 4.98 Å². The van der Waals surface area contributed by atoms with Gasteiger partial charge in [0.15, 0.2) is 0 Å². The number of aliphatic hydroxyl groups excluding tert-OH is 1. The second-order valence-corrected chi connectivity index (χ2v) is 6.10. The summed E-state index contributed by atoms with van der Waals surface area (Å²) in [5.74, 6) is 0.611. The fourth-order valence-corrected chi connectivity index (χ4v) is 2.86. The number of fused-ring (bicyclic) bond motifs is 1. The topological polar surface area (TPSA) is 45.1 Å². The number of nitrogens with zero attached hydrogens (tertiary/aromatic N) is 1. The molecule has 0 saturated heterocycles. The van der Waals surface area contributed by atoms with Crippen molar-refractivity contribution in [3.05, 3.63) is 29.3 Å². The minimum absolute atomic E-state index is 0.357. The number of aliphatic hydroxyl groups is 1. The summed E-state index contributed by atoms with van der Waals surface area (Å²) in [7, 11) is 0. The van der Waals surface area contributed by atoms with E-state index in [4.69, 9.17) is 0 Å². The number of aromatic nitrogens is 1. The molecule has 18 heavy (non-hydrogen) atoms. The molecule has 2 N–H and O–H groups in total. The summed E-state index contributed by atoms with van der Waals surface area (Å²) in [4.78, 5) is 4.53. The molecule has 2 rings (SSSR count). The lowest BCUT2D eigenvalue weighted by molar-refractivity contribution is 0.170. The standard InChI is InChI=1S/C14H20N2OS/c1-10(2)8-15-9-11(17)7-14-16-12-5-3-4-6-13(12)18-14/h3-6,10-11,15,17H,7-9H2,1-2H3. The number of benzene rings is 1. The molecular weight excluding hydrogens is 244 g/mol. The summed E-state index contributed by atoms with van der Waals surface area (Å²) in [6, 6.07) is 8.09. The van der Waals surface area contributed by atoms with Crippen LogP contribution in [-0.4, -0.2) is 29.3 Å². The Balaban J connectivity index is 1.88. The fraction of sp³-hybridized carbons (Fsp3) is 0.500. The van der Waals surface area contributed by atoms with Crippen LogP contribution in [0.15, 0.2) is 24.3 Å². The van der Waals surface area contributed by atoms with Gasteiger partial charge in [0.05, 0.1) is 21.3 Å². The zero-order valence-electron chi connectivity index (χ0n) is 10.9. The highest BCUT2D eigenvalue weighted by Gasteiger charge is 2.09. The fourth-order valence-electron chi connectivity index (χ4n) is 1.82. The number of nitrogens with one attached hydrogen (secondary N) is 1. The van der Waals surface area contributed by atoms with Crippen LogP contribution in [0.1, 0.15) is 18.9 Å². The van der Waals surface area contributed by atoms with Crippen molar-refractivity contribution >= 4 is 21.6 Å². The Labute approximate surface area is 112 Å². The predicted molar refractivity (Wildman–Crippen MR) is 77.0 cm³/mol. The zero-order chi connectivity index (χ0) is 13.0. The van der Waals surface area contributed by atoms with Crippen LogP contribution in [0.5, 0.6) is 0 Å². The number of para-hydroxylation sites is 1. The maximum absolute atomic E-state index is 9.94. The van der Waals surface area contributed by atoms with Gasteiger partial charge >= 0.3 is 0 Å². The highest BCUT2D eigenvalue weighted by molar-refractivity contribution is 7.18. The minimum Gasteiger partial charge on any atom is -0.391 e. The highest BCUT2D eigenvalue weighted by Crippen LogP contribution is 2.22. The van der Waals surface area contributed by atoms with Crippen LogP contribution in [0.4, 0.5) is 0 Å². The quantitative estimate of drug-likeness (QED) is 0.842. The van der Waals surface area contributed by atoms with E-state index in [1.54, 1.807) is 11.3 Å². The maximum atomic E-state index is 9.94. The molecule has 0 aliphatic rings. The van der Waals surface area contributed by atoms with Crippen molar-refractivity contribution in [1.82, 2.24) is 10.3 Å². The van der Waals surface area contributed by atoms with E-state index < -0.39 is 0 Å². The molecule has 2 aromatic rings. The van der Waals surface area contributed by atoms with Crippen molar-refractivity contribution < 1.29 is 5.11 Å². The third kappa shape index (κ3) is 3.77. The molecule has 0 fully saturated rings. The summed E-state index contributed by atoms with van der Waals surface area (Å²) in [5.41, 5.74) is 1.03. The van der Waals surface area contributed by atoms with Crippen LogP contribution in [0.3, 0.4) is 0 Å². The third-order valence-corrected chi connectivity index (χ3v) is 3.74. The lowest BCUT2D eigenvalue weighted by Gasteiger charge is -2.11. The van der Waals surface area contributed by atoms with Gasteiger partial charge in [0.2, 0.25) is 0 Å². The molecule has 3 nitrogen and oxygen atoms in total. The van der Waals surface area contributed by atoms with Gasteiger partial charge in [-0.15, -0.1) is 11.3 Å². The monoisotopic (exact) mass is 264 g/mol. The Morgan fingerprint density at radius 1 is 1.28 bits per heavy atom. The molecule has 0 amide bonds. The number of hydrogen-bond acceptors (Lipinski definition) is 4. The average molecular weight is 264 g/mol. The van der Waals surface area contributed by atoms with Crippen molar-refractivity contribution in [3.8, 4) is 0 Å². The predicted octanol–water partition coefficient (Wildman–Crippen LogP) is 2.45. The van der Waals surface area contributed by atoms with Crippen molar-refractivity contribution in [2.75, 3.05) is 13.1 Å². The first-order valence-electron chi connectivity index (χ1n) is 6.38. The molecule has 0 radical (unpaired) electrons. The van der Waals surface area contributed by atoms with E-state index in [1.165, 1.54) is 4.70 Å². The van der Waals surface area contributed by atoms with Gasteiger partial charge in [-0.2, -0.15) is 0 Å². The van der Waals surface area contributed by atoms with Gasteiger partial charge in [-0.05, 0) is 24.6 Å². The van der Waals surface area contributed by atoms with Crippen LogP contribution < -0.4 is 5.32 Å². The summed E-state index contributed by atoms with van der Waals surface area (Å²) >= 11 is 1.67. The molecule has 1 aromatic heterocycles.